The van der Waals surface area contributed by atoms with Crippen LogP contribution in [0.25, 0.3) is 0 Å². The third kappa shape index (κ3) is 3.50. The van der Waals surface area contributed by atoms with Crippen molar-refractivity contribution in [2.75, 3.05) is 24.3 Å². The smallest absolute Gasteiger partial charge is 0.399 e. The minimum Gasteiger partial charge on any atom is -0.399 e. The van der Waals surface area contributed by atoms with Gasteiger partial charge >= 0.3 is 6.18 Å². The Morgan fingerprint density at radius 2 is 1.82 bits per heavy atom. The number of nitrogen functional groups attached to an aromatic ring is 1. The molecule has 0 aliphatic heterocycles. The fourth-order valence-corrected chi connectivity index (χ4v) is 1.29. The van der Waals surface area contributed by atoms with Crippen LogP contribution in [0.3, 0.4) is 0 Å². The molecule has 96 valence electrons. The molecule has 1 aromatic rings. The minimum atomic E-state index is -4.55. The lowest BCUT2D eigenvalue weighted by Crippen LogP contribution is -2.29. The van der Waals surface area contributed by atoms with Crippen LogP contribution in [-0.4, -0.2) is 29.5 Å². The van der Waals surface area contributed by atoms with E-state index in [4.69, 9.17) is 15.9 Å². The number of benzene rings is 1. The molecule has 0 spiro atoms. The van der Waals surface area contributed by atoms with E-state index in [-0.39, 0.29) is 11.4 Å². The monoisotopic (exact) mass is 250 g/mol. The van der Waals surface area contributed by atoms with E-state index < -0.39 is 31.0 Å². The van der Waals surface area contributed by atoms with Gasteiger partial charge in [-0.2, -0.15) is 13.2 Å². The maximum Gasteiger partial charge on any atom is 0.418 e. The van der Waals surface area contributed by atoms with Crippen LogP contribution in [0.15, 0.2) is 18.2 Å². The number of aliphatic hydroxyl groups excluding tert-OH is 2. The molecule has 0 radical (unpaired) electrons. The Kier molecular flexibility index (Phi) is 4.19. The lowest BCUT2D eigenvalue weighted by Gasteiger charge is -2.19. The molecule has 0 fully saturated rings. The molecule has 5 N–H and O–H groups in total. The second-order valence-electron chi connectivity index (χ2n) is 3.51. The Morgan fingerprint density at radius 3 is 2.29 bits per heavy atom. The van der Waals surface area contributed by atoms with Gasteiger partial charge in [-0.25, -0.2) is 0 Å². The maximum atomic E-state index is 12.7. The molecule has 0 heterocycles. The van der Waals surface area contributed by atoms with Crippen LogP contribution in [0.4, 0.5) is 24.5 Å². The zero-order valence-electron chi connectivity index (χ0n) is 8.83. The van der Waals surface area contributed by atoms with Crippen molar-refractivity contribution in [3.05, 3.63) is 23.8 Å². The van der Waals surface area contributed by atoms with Crippen LogP contribution in [0.2, 0.25) is 0 Å². The summed E-state index contributed by atoms with van der Waals surface area (Å²) in [5, 5.41) is 20.0. The topological polar surface area (TPSA) is 78.5 Å². The summed E-state index contributed by atoms with van der Waals surface area (Å²) in [7, 11) is 0. The van der Waals surface area contributed by atoms with Crippen LogP contribution in [0, 0.1) is 0 Å². The molecule has 0 aromatic heterocycles. The number of anilines is 2. The number of nitrogens with one attached hydrogen (secondary N) is 1. The van der Waals surface area contributed by atoms with Gasteiger partial charge in [0.25, 0.3) is 0 Å². The number of alkyl halides is 3. The molecular formula is C10H13F3N2O2. The van der Waals surface area contributed by atoms with Gasteiger partial charge in [0, 0.05) is 11.4 Å². The average molecular weight is 250 g/mol. The molecule has 4 nitrogen and oxygen atoms in total. The minimum absolute atomic E-state index is 0.00702. The Morgan fingerprint density at radius 1 is 1.24 bits per heavy atom. The summed E-state index contributed by atoms with van der Waals surface area (Å²) in [4.78, 5) is 0. The van der Waals surface area contributed by atoms with E-state index in [1.54, 1.807) is 0 Å². The highest BCUT2D eigenvalue weighted by Crippen LogP contribution is 2.36. The first-order valence-electron chi connectivity index (χ1n) is 4.83. The summed E-state index contributed by atoms with van der Waals surface area (Å²) in [6.45, 7) is -0.948. The molecule has 0 aliphatic carbocycles. The fraction of sp³-hybridized carbons (Fsp3) is 0.400. The molecule has 0 unspecified atom stereocenters. The van der Waals surface area contributed by atoms with Gasteiger partial charge < -0.3 is 21.3 Å². The second-order valence-corrected chi connectivity index (χ2v) is 3.51. The van der Waals surface area contributed by atoms with Crippen molar-refractivity contribution in [3.63, 3.8) is 0 Å². The summed E-state index contributed by atoms with van der Waals surface area (Å²) in [6.07, 6.45) is -4.55. The number of nitrogens with two attached hydrogens (primary N) is 1. The van der Waals surface area contributed by atoms with Gasteiger partial charge in [-0.1, -0.05) is 0 Å². The standard InChI is InChI=1S/C10H13F3N2O2/c11-10(12,13)8-3-6(14)1-2-9(8)15-7(4-16)5-17/h1-3,7,15-17H,4-5,14H2. The van der Waals surface area contributed by atoms with E-state index in [0.29, 0.717) is 0 Å². The summed E-state index contributed by atoms with van der Waals surface area (Å²) in [5.74, 6) is 0. The van der Waals surface area contributed by atoms with Gasteiger partial charge in [0.2, 0.25) is 0 Å². The van der Waals surface area contributed by atoms with Gasteiger partial charge in [-0.05, 0) is 18.2 Å². The first-order valence-corrected chi connectivity index (χ1v) is 4.83. The largest absolute Gasteiger partial charge is 0.418 e. The lowest BCUT2D eigenvalue weighted by atomic mass is 10.1. The number of halogens is 3. The first-order chi connectivity index (χ1) is 7.88. The van der Waals surface area contributed by atoms with Crippen molar-refractivity contribution in [2.24, 2.45) is 0 Å². The van der Waals surface area contributed by atoms with Gasteiger partial charge in [0.05, 0.1) is 24.8 Å². The summed E-state index contributed by atoms with van der Waals surface area (Å²) in [6, 6.07) is 2.42. The van der Waals surface area contributed by atoms with E-state index >= 15 is 0 Å². The zero-order valence-corrected chi connectivity index (χ0v) is 8.83. The van der Waals surface area contributed by atoms with Crippen molar-refractivity contribution >= 4 is 11.4 Å². The number of rotatable bonds is 4. The highest BCUT2D eigenvalue weighted by atomic mass is 19.4. The molecule has 0 atom stereocenters. The maximum absolute atomic E-state index is 12.7. The molecular weight excluding hydrogens is 237 g/mol. The number of aliphatic hydroxyl groups is 2. The van der Waals surface area contributed by atoms with Crippen LogP contribution in [-0.2, 0) is 6.18 Å². The quantitative estimate of drug-likeness (QED) is 0.602. The predicted molar refractivity (Wildman–Crippen MR) is 57.4 cm³/mol. The van der Waals surface area contributed by atoms with Crippen molar-refractivity contribution in [1.29, 1.82) is 0 Å². The van der Waals surface area contributed by atoms with Crippen LogP contribution >= 0.6 is 0 Å². The van der Waals surface area contributed by atoms with E-state index in [1.165, 1.54) is 6.07 Å². The highest BCUT2D eigenvalue weighted by molar-refractivity contribution is 5.59. The van der Waals surface area contributed by atoms with Crippen molar-refractivity contribution in [2.45, 2.75) is 12.2 Å². The third-order valence-electron chi connectivity index (χ3n) is 2.15. The molecule has 7 heteroatoms. The summed E-state index contributed by atoms with van der Waals surface area (Å²) >= 11 is 0. The molecule has 0 bridgehead atoms. The molecule has 1 aromatic carbocycles. The Labute approximate surface area is 95.9 Å². The third-order valence-corrected chi connectivity index (χ3v) is 2.15. The fourth-order valence-electron chi connectivity index (χ4n) is 1.29. The molecule has 0 saturated carbocycles. The predicted octanol–water partition coefficient (Wildman–Crippen LogP) is 1.05. The van der Waals surface area contributed by atoms with Gasteiger partial charge in [0.15, 0.2) is 0 Å². The number of hydrogen-bond acceptors (Lipinski definition) is 4. The van der Waals surface area contributed by atoms with Crippen molar-refractivity contribution in [3.8, 4) is 0 Å². The van der Waals surface area contributed by atoms with E-state index in [9.17, 15) is 13.2 Å². The van der Waals surface area contributed by atoms with Crippen LogP contribution < -0.4 is 11.1 Å². The van der Waals surface area contributed by atoms with Crippen molar-refractivity contribution < 1.29 is 23.4 Å². The molecule has 17 heavy (non-hydrogen) atoms. The molecule has 0 saturated heterocycles. The van der Waals surface area contributed by atoms with Crippen LogP contribution in [0.5, 0.6) is 0 Å². The Bertz CT molecular complexity index is 378. The summed E-state index contributed by atoms with van der Waals surface area (Å²) in [5.41, 5.74) is 4.14. The lowest BCUT2D eigenvalue weighted by molar-refractivity contribution is -0.136. The van der Waals surface area contributed by atoms with Gasteiger partial charge in [0.1, 0.15) is 0 Å². The van der Waals surface area contributed by atoms with Gasteiger partial charge in [-0.3, -0.25) is 0 Å². The van der Waals surface area contributed by atoms with Crippen LogP contribution in [0.1, 0.15) is 5.56 Å². The van der Waals surface area contributed by atoms with Gasteiger partial charge in [-0.15, -0.1) is 0 Å². The highest BCUT2D eigenvalue weighted by Gasteiger charge is 2.34. The van der Waals surface area contributed by atoms with Crippen molar-refractivity contribution in [1.82, 2.24) is 0 Å². The van der Waals surface area contributed by atoms with E-state index in [0.717, 1.165) is 12.1 Å². The first kappa shape index (κ1) is 13.6. The Balaban J connectivity index is 3.06. The SMILES string of the molecule is Nc1ccc(NC(CO)CO)c(C(F)(F)F)c1. The molecule has 0 amide bonds. The number of hydrogen-bond donors (Lipinski definition) is 4. The Hall–Kier alpha value is -1.47. The molecule has 0 aliphatic rings. The van der Waals surface area contributed by atoms with E-state index in [1.807, 2.05) is 0 Å². The zero-order chi connectivity index (χ0) is 13.1. The summed E-state index contributed by atoms with van der Waals surface area (Å²) < 4.78 is 38.0. The van der Waals surface area contributed by atoms with E-state index in [2.05, 4.69) is 5.32 Å². The normalized spacial score (nSPS) is 11.9. The average Bonchev–Trinajstić information content (AvgIpc) is 2.26. The molecule has 1 rings (SSSR count). The second kappa shape index (κ2) is 5.24.